The number of amides is 1. The van der Waals surface area contributed by atoms with Crippen molar-refractivity contribution in [3.05, 3.63) is 65.1 Å². The van der Waals surface area contributed by atoms with Crippen LogP contribution in [0.15, 0.2) is 48.7 Å². The van der Waals surface area contributed by atoms with Gasteiger partial charge in [-0.05, 0) is 24.3 Å². The Kier molecular flexibility index (Phi) is 6.87. The zero-order chi connectivity index (χ0) is 21.7. The van der Waals surface area contributed by atoms with E-state index in [-0.39, 0.29) is 16.5 Å². The molecule has 0 saturated carbocycles. The molecule has 0 aliphatic heterocycles. The van der Waals surface area contributed by atoms with Crippen LogP contribution in [0.2, 0.25) is 5.02 Å². The van der Waals surface area contributed by atoms with E-state index in [0.717, 1.165) is 0 Å². The highest BCUT2D eigenvalue weighted by molar-refractivity contribution is 9.09. The lowest BCUT2D eigenvalue weighted by molar-refractivity contribution is -0.111. The number of anilines is 3. The molecule has 1 heterocycles. The van der Waals surface area contributed by atoms with Crippen LogP contribution in [0, 0.1) is 17.1 Å². The van der Waals surface area contributed by atoms with Crippen LogP contribution in [0.25, 0.3) is 10.9 Å². The molecule has 2 N–H and O–H groups in total. The molecule has 0 atom stereocenters. The molecule has 3 aromatic rings. The molecule has 0 spiro atoms. The highest BCUT2D eigenvalue weighted by atomic mass is 79.9. The predicted octanol–water partition coefficient (Wildman–Crippen LogP) is 5.54. The fourth-order valence-electron chi connectivity index (χ4n) is 2.75. The number of carbonyl (C=O) groups excluding carboxylic acids is 1. The zero-order valence-corrected chi connectivity index (χ0v) is 18.0. The van der Waals surface area contributed by atoms with E-state index in [9.17, 15) is 14.4 Å². The van der Waals surface area contributed by atoms with Gasteiger partial charge in [0.2, 0.25) is 5.91 Å². The number of alkyl halides is 1. The average molecular weight is 490 g/mol. The summed E-state index contributed by atoms with van der Waals surface area (Å²) in [5, 5.41) is 16.5. The van der Waals surface area contributed by atoms with Gasteiger partial charge in [-0.1, -0.05) is 33.6 Å². The molecule has 6 nitrogen and oxygen atoms in total. The van der Waals surface area contributed by atoms with Crippen molar-refractivity contribution in [1.82, 2.24) is 4.98 Å². The Morgan fingerprint density at radius 3 is 2.87 bits per heavy atom. The van der Waals surface area contributed by atoms with Crippen LogP contribution in [0.4, 0.5) is 21.5 Å². The lowest BCUT2D eigenvalue weighted by Crippen LogP contribution is -2.09. The van der Waals surface area contributed by atoms with Gasteiger partial charge in [-0.25, -0.2) is 4.39 Å². The van der Waals surface area contributed by atoms with E-state index in [4.69, 9.17) is 16.3 Å². The number of nitriles is 1. The molecule has 2 aromatic carbocycles. The van der Waals surface area contributed by atoms with Gasteiger partial charge in [0.05, 0.1) is 34.6 Å². The third kappa shape index (κ3) is 4.70. The first kappa shape index (κ1) is 21.6. The Morgan fingerprint density at radius 2 is 2.20 bits per heavy atom. The van der Waals surface area contributed by atoms with Crippen molar-refractivity contribution in [3.63, 3.8) is 0 Å². The van der Waals surface area contributed by atoms with Crippen molar-refractivity contribution >= 4 is 61.4 Å². The number of nitrogens with one attached hydrogen (secondary N) is 2. The SMILES string of the molecule is COc1cc2ncc(C#N)c(Nc3ccc(F)c(Cl)c3)c2cc1NC(=O)C=CCBr. The Balaban J connectivity index is 2.13. The van der Waals surface area contributed by atoms with E-state index < -0.39 is 5.82 Å². The smallest absolute Gasteiger partial charge is 0.248 e. The maximum atomic E-state index is 13.5. The lowest BCUT2D eigenvalue weighted by atomic mass is 10.1. The van der Waals surface area contributed by atoms with Gasteiger partial charge in [0.25, 0.3) is 0 Å². The van der Waals surface area contributed by atoms with Crippen LogP contribution in [0.1, 0.15) is 5.56 Å². The van der Waals surface area contributed by atoms with Crippen molar-refractivity contribution in [1.29, 1.82) is 5.26 Å². The number of aromatic nitrogens is 1. The van der Waals surface area contributed by atoms with Crippen LogP contribution < -0.4 is 15.4 Å². The van der Waals surface area contributed by atoms with Crippen molar-refractivity contribution in [2.24, 2.45) is 0 Å². The van der Waals surface area contributed by atoms with E-state index in [1.807, 2.05) is 0 Å². The summed E-state index contributed by atoms with van der Waals surface area (Å²) in [5.74, 6) is -0.471. The number of allylic oxidation sites excluding steroid dienone is 1. The number of fused-ring (bicyclic) bond motifs is 1. The topological polar surface area (TPSA) is 87.0 Å². The first-order chi connectivity index (χ1) is 14.5. The summed E-state index contributed by atoms with van der Waals surface area (Å²) in [6.07, 6.45) is 4.47. The number of hydrogen-bond donors (Lipinski definition) is 2. The number of benzene rings is 2. The van der Waals surface area contributed by atoms with Crippen LogP contribution in [-0.2, 0) is 4.79 Å². The summed E-state index contributed by atoms with van der Waals surface area (Å²) in [5.41, 5.74) is 2.15. The number of rotatable bonds is 6. The fraction of sp³-hybridized carbons (Fsp3) is 0.0952. The summed E-state index contributed by atoms with van der Waals surface area (Å²) >= 11 is 9.09. The molecule has 3 rings (SSSR count). The Morgan fingerprint density at radius 1 is 1.40 bits per heavy atom. The molecule has 9 heteroatoms. The summed E-state index contributed by atoms with van der Waals surface area (Å²) in [7, 11) is 1.48. The lowest BCUT2D eigenvalue weighted by Gasteiger charge is -2.15. The van der Waals surface area contributed by atoms with Gasteiger partial charge in [0, 0.05) is 34.7 Å². The number of carbonyl (C=O) groups is 1. The molecular weight excluding hydrogens is 475 g/mol. The summed E-state index contributed by atoms with van der Waals surface area (Å²) < 4.78 is 18.9. The van der Waals surface area contributed by atoms with Gasteiger partial charge >= 0.3 is 0 Å². The third-order valence-electron chi connectivity index (χ3n) is 4.11. The minimum Gasteiger partial charge on any atom is -0.494 e. The first-order valence-electron chi connectivity index (χ1n) is 8.63. The quantitative estimate of drug-likeness (QED) is 0.351. The molecule has 0 aliphatic rings. The predicted molar refractivity (Wildman–Crippen MR) is 119 cm³/mol. The van der Waals surface area contributed by atoms with Crippen LogP contribution in [-0.4, -0.2) is 23.3 Å². The van der Waals surface area contributed by atoms with Crippen molar-refractivity contribution in [2.45, 2.75) is 0 Å². The second-order valence-electron chi connectivity index (χ2n) is 6.03. The van der Waals surface area contributed by atoms with Gasteiger partial charge in [-0.2, -0.15) is 5.26 Å². The molecular formula is C21H15BrClFN4O2. The van der Waals surface area contributed by atoms with Crippen molar-refractivity contribution in [3.8, 4) is 11.8 Å². The second kappa shape index (κ2) is 9.57. The van der Waals surface area contributed by atoms with Crippen LogP contribution >= 0.6 is 27.5 Å². The number of methoxy groups -OCH3 is 1. The Bertz CT molecular complexity index is 1190. The van der Waals surface area contributed by atoms with E-state index in [0.29, 0.717) is 39.0 Å². The molecule has 1 amide bonds. The highest BCUT2D eigenvalue weighted by Crippen LogP contribution is 2.36. The molecule has 152 valence electrons. The van der Waals surface area contributed by atoms with Gasteiger partial charge in [0.1, 0.15) is 17.6 Å². The van der Waals surface area contributed by atoms with E-state index in [1.54, 1.807) is 18.2 Å². The number of pyridine rings is 1. The summed E-state index contributed by atoms with van der Waals surface area (Å²) in [6, 6.07) is 9.55. The second-order valence-corrected chi connectivity index (χ2v) is 7.08. The summed E-state index contributed by atoms with van der Waals surface area (Å²) in [6.45, 7) is 0. The molecule has 0 radical (unpaired) electrons. The van der Waals surface area contributed by atoms with Crippen LogP contribution in [0.5, 0.6) is 5.75 Å². The number of halogens is 3. The molecule has 0 saturated heterocycles. The first-order valence-corrected chi connectivity index (χ1v) is 10.1. The normalized spacial score (nSPS) is 10.8. The van der Waals surface area contributed by atoms with Crippen molar-refractivity contribution in [2.75, 3.05) is 23.1 Å². The maximum Gasteiger partial charge on any atom is 0.248 e. The monoisotopic (exact) mass is 488 g/mol. The van der Waals surface area contributed by atoms with Crippen molar-refractivity contribution < 1.29 is 13.9 Å². The fourth-order valence-corrected chi connectivity index (χ4v) is 3.12. The van der Waals surface area contributed by atoms with E-state index in [2.05, 4.69) is 37.6 Å². The molecule has 0 bridgehead atoms. The zero-order valence-electron chi connectivity index (χ0n) is 15.7. The van der Waals surface area contributed by atoms with Crippen LogP contribution in [0.3, 0.4) is 0 Å². The molecule has 0 unspecified atom stereocenters. The van der Waals surface area contributed by atoms with E-state index in [1.165, 1.54) is 37.6 Å². The minimum atomic E-state index is -0.548. The standard InChI is InChI=1S/C21H15BrClFN4O2/c1-30-19-9-17-14(8-18(19)28-20(29)3-2-6-22)21(12(10-25)11-26-17)27-13-4-5-16(24)15(23)7-13/h2-5,7-9,11H,6H2,1H3,(H,26,27)(H,28,29). The molecule has 30 heavy (non-hydrogen) atoms. The van der Waals surface area contributed by atoms with Gasteiger partial charge in [0.15, 0.2) is 0 Å². The minimum absolute atomic E-state index is 0.0509. The number of ether oxygens (including phenoxy) is 1. The summed E-state index contributed by atoms with van der Waals surface area (Å²) in [4.78, 5) is 16.4. The van der Waals surface area contributed by atoms with Gasteiger partial charge < -0.3 is 15.4 Å². The molecule has 1 aromatic heterocycles. The van der Waals surface area contributed by atoms with E-state index >= 15 is 0 Å². The maximum absolute atomic E-state index is 13.5. The van der Waals surface area contributed by atoms with Gasteiger partial charge in [-0.3, -0.25) is 9.78 Å². The Labute approximate surface area is 185 Å². The van der Waals surface area contributed by atoms with Gasteiger partial charge in [-0.15, -0.1) is 0 Å². The average Bonchev–Trinajstić information content (AvgIpc) is 2.74. The molecule has 0 fully saturated rings. The number of hydrogen-bond acceptors (Lipinski definition) is 5. The third-order valence-corrected chi connectivity index (χ3v) is 4.78. The Hall–Kier alpha value is -3.15. The largest absolute Gasteiger partial charge is 0.494 e. The molecule has 0 aliphatic carbocycles. The highest BCUT2D eigenvalue weighted by Gasteiger charge is 2.15. The number of nitrogens with zero attached hydrogens (tertiary/aromatic N) is 2.